The molecule has 2 aromatic carbocycles. The fourth-order valence-electron chi connectivity index (χ4n) is 3.02. The van der Waals surface area contributed by atoms with Crippen LogP contribution in [0, 0.1) is 3.57 Å². The van der Waals surface area contributed by atoms with E-state index in [2.05, 4.69) is 27.3 Å². The lowest BCUT2D eigenvalue weighted by Crippen LogP contribution is -2.38. The van der Waals surface area contributed by atoms with Gasteiger partial charge in [-0.05, 0) is 40.8 Å². The van der Waals surface area contributed by atoms with E-state index in [4.69, 9.17) is 18.6 Å². The number of benzene rings is 2. The van der Waals surface area contributed by atoms with Crippen LogP contribution in [0.5, 0.6) is 11.5 Å². The summed E-state index contributed by atoms with van der Waals surface area (Å²) in [7, 11) is 1.30. The predicted molar refractivity (Wildman–Crippen MR) is 112 cm³/mol. The van der Waals surface area contributed by atoms with Crippen molar-refractivity contribution in [2.45, 2.75) is 19.6 Å². The minimum atomic E-state index is -1.04. The van der Waals surface area contributed by atoms with Gasteiger partial charge in [0.25, 0.3) is 0 Å². The molecule has 0 atom stereocenters. The highest BCUT2D eigenvalue weighted by atomic mass is 127. The number of hydrogen-bond donors (Lipinski definition) is 0. The monoisotopic (exact) mass is 508 g/mol. The highest BCUT2D eigenvalue weighted by Gasteiger charge is 2.35. The number of ether oxygens (including phenoxy) is 4. The summed E-state index contributed by atoms with van der Waals surface area (Å²) < 4.78 is 28.0. The summed E-state index contributed by atoms with van der Waals surface area (Å²) in [6, 6.07) is 10.6. The number of methoxy groups -OCH3 is 1. The number of carbonyl (C=O) groups is 2. The van der Waals surface area contributed by atoms with Gasteiger partial charge in [0.05, 0.1) is 10.7 Å². The summed E-state index contributed by atoms with van der Waals surface area (Å²) in [5, 5.41) is 0.778. The Hall–Kier alpha value is -2.75. The molecule has 0 fully saturated rings. The van der Waals surface area contributed by atoms with Crippen molar-refractivity contribution in [2.75, 3.05) is 13.7 Å². The third kappa shape index (κ3) is 3.76. The third-order valence-corrected chi connectivity index (χ3v) is 5.40. The van der Waals surface area contributed by atoms with E-state index >= 15 is 0 Å². The van der Waals surface area contributed by atoms with E-state index in [1.165, 1.54) is 7.11 Å². The number of rotatable bonds is 4. The smallest absolute Gasteiger partial charge is 0.345 e. The van der Waals surface area contributed by atoms with Crippen LogP contribution in [0.15, 0.2) is 40.8 Å². The topological polar surface area (TPSA) is 84.2 Å². The first-order chi connectivity index (χ1) is 13.8. The van der Waals surface area contributed by atoms with Crippen LogP contribution in [0.1, 0.15) is 24.2 Å². The van der Waals surface area contributed by atoms with Crippen LogP contribution in [-0.2, 0) is 14.3 Å². The molecule has 0 unspecified atom stereocenters. The summed E-state index contributed by atoms with van der Waals surface area (Å²) in [6.07, 6.45) is 0. The average Bonchev–Trinajstić information content (AvgIpc) is 3.00. The van der Waals surface area contributed by atoms with Crippen molar-refractivity contribution >= 4 is 45.5 Å². The largest absolute Gasteiger partial charge is 0.482 e. The molecule has 3 aromatic rings. The van der Waals surface area contributed by atoms with Gasteiger partial charge in [-0.3, -0.25) is 0 Å². The molecule has 8 heteroatoms. The number of hydrogen-bond acceptors (Lipinski definition) is 7. The molecule has 7 nitrogen and oxygen atoms in total. The van der Waals surface area contributed by atoms with Crippen molar-refractivity contribution in [1.82, 2.24) is 0 Å². The van der Waals surface area contributed by atoms with Gasteiger partial charge in [-0.15, -0.1) is 0 Å². The lowest BCUT2D eigenvalue weighted by Gasteiger charge is -2.31. The van der Waals surface area contributed by atoms with Crippen LogP contribution in [0.2, 0.25) is 0 Å². The van der Waals surface area contributed by atoms with Crippen LogP contribution < -0.4 is 9.47 Å². The fourth-order valence-corrected chi connectivity index (χ4v) is 3.86. The zero-order valence-corrected chi connectivity index (χ0v) is 18.1. The van der Waals surface area contributed by atoms with E-state index in [1.807, 2.05) is 6.07 Å². The molecule has 0 saturated carbocycles. The van der Waals surface area contributed by atoms with E-state index in [9.17, 15) is 9.59 Å². The number of fused-ring (bicyclic) bond motifs is 2. The van der Waals surface area contributed by atoms with Crippen LogP contribution in [0.25, 0.3) is 22.3 Å². The zero-order valence-electron chi connectivity index (χ0n) is 15.9. The fraction of sp³-hybridized carbons (Fsp3) is 0.238. The highest BCUT2D eigenvalue weighted by molar-refractivity contribution is 14.1. The van der Waals surface area contributed by atoms with Crippen molar-refractivity contribution in [2.24, 2.45) is 0 Å². The van der Waals surface area contributed by atoms with E-state index in [0.717, 1.165) is 14.5 Å². The lowest BCUT2D eigenvalue weighted by molar-refractivity contribution is -0.142. The Balaban J connectivity index is 1.73. The minimum absolute atomic E-state index is 0.181. The molecule has 1 aliphatic rings. The second-order valence-electron chi connectivity index (χ2n) is 6.87. The Morgan fingerprint density at radius 2 is 1.97 bits per heavy atom. The summed E-state index contributed by atoms with van der Waals surface area (Å²) in [6.45, 7) is 3.17. The van der Waals surface area contributed by atoms with Gasteiger partial charge in [0.1, 0.15) is 28.4 Å². The van der Waals surface area contributed by atoms with Gasteiger partial charge in [-0.1, -0.05) is 12.1 Å². The Morgan fingerprint density at radius 1 is 1.17 bits per heavy atom. The van der Waals surface area contributed by atoms with E-state index in [1.54, 1.807) is 44.2 Å². The van der Waals surface area contributed by atoms with Gasteiger partial charge >= 0.3 is 11.9 Å². The molecule has 0 amide bonds. The van der Waals surface area contributed by atoms with Crippen molar-refractivity contribution in [3.8, 4) is 22.8 Å². The van der Waals surface area contributed by atoms with E-state index < -0.39 is 17.7 Å². The molecule has 0 radical (unpaired) electrons. The van der Waals surface area contributed by atoms with Crippen molar-refractivity contribution in [3.63, 3.8) is 0 Å². The highest BCUT2D eigenvalue weighted by Crippen LogP contribution is 2.41. The van der Waals surface area contributed by atoms with E-state index in [0.29, 0.717) is 28.4 Å². The Labute approximate surface area is 180 Å². The summed E-state index contributed by atoms with van der Waals surface area (Å²) in [5.41, 5.74) is 1.72. The van der Waals surface area contributed by atoms with Gasteiger partial charge in [-0.2, -0.15) is 0 Å². The molecule has 0 saturated heterocycles. The first-order valence-electron chi connectivity index (χ1n) is 8.76. The average molecular weight is 508 g/mol. The maximum absolute atomic E-state index is 12.3. The van der Waals surface area contributed by atoms with E-state index in [-0.39, 0.29) is 6.61 Å². The lowest BCUT2D eigenvalue weighted by atomic mass is 10.1. The van der Waals surface area contributed by atoms with Gasteiger partial charge in [0.15, 0.2) is 6.61 Å². The molecule has 150 valence electrons. The van der Waals surface area contributed by atoms with Gasteiger partial charge in [0.2, 0.25) is 5.79 Å². The molecule has 4 rings (SSSR count). The summed E-state index contributed by atoms with van der Waals surface area (Å²) >= 11 is 2.17. The molecular formula is C21H17IO7. The maximum atomic E-state index is 12.3. The predicted octanol–water partition coefficient (Wildman–Crippen LogP) is 4.54. The van der Waals surface area contributed by atoms with Gasteiger partial charge in [0, 0.05) is 30.9 Å². The Morgan fingerprint density at radius 3 is 2.72 bits per heavy atom. The number of esters is 2. The molecule has 0 bridgehead atoms. The summed E-state index contributed by atoms with van der Waals surface area (Å²) in [5.74, 6) is -0.378. The molecule has 1 aromatic heterocycles. The Bertz CT molecular complexity index is 1130. The normalized spacial score (nSPS) is 14.7. The second kappa shape index (κ2) is 7.25. The quantitative estimate of drug-likeness (QED) is 0.378. The van der Waals surface area contributed by atoms with Crippen molar-refractivity contribution in [1.29, 1.82) is 0 Å². The first kappa shape index (κ1) is 19.6. The van der Waals surface area contributed by atoms with Crippen molar-refractivity contribution in [3.05, 3.63) is 45.5 Å². The number of furan rings is 1. The minimum Gasteiger partial charge on any atom is -0.482 e. The second-order valence-corrected chi connectivity index (χ2v) is 7.95. The molecule has 2 heterocycles. The first-order valence-corrected chi connectivity index (χ1v) is 9.84. The molecule has 0 spiro atoms. The van der Waals surface area contributed by atoms with Gasteiger partial charge in [-0.25, -0.2) is 9.59 Å². The third-order valence-electron chi connectivity index (χ3n) is 4.32. The van der Waals surface area contributed by atoms with Crippen LogP contribution in [0.3, 0.4) is 0 Å². The van der Waals surface area contributed by atoms with Crippen molar-refractivity contribution < 1.29 is 33.0 Å². The number of halogens is 1. The number of carbonyl (C=O) groups excluding carboxylic acids is 2. The van der Waals surface area contributed by atoms with Gasteiger partial charge < -0.3 is 23.4 Å². The SMILES string of the molecule is COC(=O)COc1cccc(-c2oc3cc4c(cc3c2I)C(=O)OC(C)(C)O4)c1. The maximum Gasteiger partial charge on any atom is 0.345 e. The van der Waals surface area contributed by atoms with Crippen LogP contribution in [-0.4, -0.2) is 31.4 Å². The standard InChI is InChI=1S/C21H17IO7/c1-21(2)28-16-9-15-13(8-14(16)20(24)29-21)18(22)19(27-15)11-5-4-6-12(7-11)26-10-17(23)25-3/h4-9H,10H2,1-3H3. The number of cyclic esters (lactones) is 1. The zero-order chi connectivity index (χ0) is 20.8. The van der Waals surface area contributed by atoms with Crippen LogP contribution >= 0.6 is 22.6 Å². The molecular weight excluding hydrogens is 491 g/mol. The molecule has 0 N–H and O–H groups in total. The molecule has 29 heavy (non-hydrogen) atoms. The summed E-state index contributed by atoms with van der Waals surface area (Å²) in [4.78, 5) is 23.6. The molecule has 0 aliphatic carbocycles. The van der Waals surface area contributed by atoms with Crippen LogP contribution in [0.4, 0.5) is 0 Å². The molecule has 1 aliphatic heterocycles. The Kier molecular flexibility index (Phi) is 4.89.